The van der Waals surface area contributed by atoms with Gasteiger partial charge in [0.25, 0.3) is 0 Å². The molecule has 132 valence electrons. The summed E-state index contributed by atoms with van der Waals surface area (Å²) in [6, 6.07) is 19.7. The van der Waals surface area contributed by atoms with Crippen molar-refractivity contribution in [2.45, 2.75) is 19.3 Å². The second kappa shape index (κ2) is 7.41. The van der Waals surface area contributed by atoms with Gasteiger partial charge in [-0.3, -0.25) is 9.97 Å². The van der Waals surface area contributed by atoms with E-state index in [4.69, 9.17) is 9.97 Å². The normalized spacial score (nSPS) is 11.2. The standard InChI is InChI=1S/C21H18N4.Pd/c1-21(2,17-9-7-11-19(22-17)24-13-3-4-14-24)18-10-8-12-20(23-18)25-15-5-6-16-25;/h3-13,15H,1-2H3;/q-2;+2. The van der Waals surface area contributed by atoms with Gasteiger partial charge in [-0.05, 0) is 26.0 Å². The summed E-state index contributed by atoms with van der Waals surface area (Å²) in [5.74, 6) is 1.70. The van der Waals surface area contributed by atoms with E-state index in [1.54, 1.807) is 0 Å². The third-order valence-electron chi connectivity index (χ3n) is 4.33. The van der Waals surface area contributed by atoms with Crippen molar-refractivity contribution in [1.82, 2.24) is 19.1 Å². The Kier molecular flexibility index (Phi) is 5.22. The Bertz CT molecular complexity index is 893. The van der Waals surface area contributed by atoms with Gasteiger partial charge in [0.15, 0.2) is 0 Å². The zero-order valence-electron chi connectivity index (χ0n) is 14.5. The first-order chi connectivity index (χ1) is 12.1. The van der Waals surface area contributed by atoms with Gasteiger partial charge in [-0.2, -0.15) is 12.1 Å². The Balaban J connectivity index is 0.00000196. The maximum Gasteiger partial charge on any atom is 2.00 e. The first-order valence-electron chi connectivity index (χ1n) is 8.20. The van der Waals surface area contributed by atoms with E-state index in [-0.39, 0.29) is 25.8 Å². The van der Waals surface area contributed by atoms with Gasteiger partial charge in [-0.1, -0.05) is 36.7 Å². The minimum Gasteiger partial charge on any atom is -0.436 e. The SMILES string of the molecule is CC(C)(c1cccc(-n2[c-]ccc2)n1)c1cccc(-n2[c-]ccc2)n1.[Pd+2]. The molecule has 0 radical (unpaired) electrons. The summed E-state index contributed by atoms with van der Waals surface area (Å²) < 4.78 is 3.77. The number of aromatic nitrogens is 4. The van der Waals surface area contributed by atoms with E-state index >= 15 is 0 Å². The van der Waals surface area contributed by atoms with E-state index in [2.05, 4.69) is 26.2 Å². The van der Waals surface area contributed by atoms with Crippen LogP contribution in [0.1, 0.15) is 25.2 Å². The third-order valence-corrected chi connectivity index (χ3v) is 4.33. The van der Waals surface area contributed by atoms with Crippen LogP contribution >= 0.6 is 0 Å². The van der Waals surface area contributed by atoms with Crippen molar-refractivity contribution in [3.63, 3.8) is 0 Å². The molecule has 0 aliphatic heterocycles. The topological polar surface area (TPSA) is 35.6 Å². The second-order valence-electron chi connectivity index (χ2n) is 6.40. The van der Waals surface area contributed by atoms with Gasteiger partial charge in [-0.15, -0.1) is 24.5 Å². The number of hydrogen-bond acceptors (Lipinski definition) is 2. The number of nitrogens with zero attached hydrogens (tertiary/aromatic N) is 4. The van der Waals surface area contributed by atoms with Gasteiger partial charge in [0.1, 0.15) is 0 Å². The smallest absolute Gasteiger partial charge is 0.436 e. The number of rotatable bonds is 4. The first kappa shape index (κ1) is 18.3. The van der Waals surface area contributed by atoms with Gasteiger partial charge in [0, 0.05) is 16.8 Å². The minimum atomic E-state index is -0.327. The van der Waals surface area contributed by atoms with Crippen LogP contribution in [0.25, 0.3) is 11.6 Å². The Morgan fingerprint density at radius 3 is 1.58 bits per heavy atom. The molecule has 0 unspecified atom stereocenters. The molecule has 0 aliphatic carbocycles. The van der Waals surface area contributed by atoms with Crippen LogP contribution in [-0.2, 0) is 25.8 Å². The fraction of sp³-hybridized carbons (Fsp3) is 0.143. The quantitative estimate of drug-likeness (QED) is 0.361. The summed E-state index contributed by atoms with van der Waals surface area (Å²) in [6.45, 7) is 4.29. The van der Waals surface area contributed by atoms with Crippen molar-refractivity contribution < 1.29 is 20.4 Å². The van der Waals surface area contributed by atoms with E-state index in [1.807, 2.05) is 82.2 Å². The molecular formula is C21H18N4Pd. The molecule has 0 bridgehead atoms. The molecule has 26 heavy (non-hydrogen) atoms. The zero-order chi connectivity index (χ0) is 17.3. The zero-order valence-corrected chi connectivity index (χ0v) is 16.1. The van der Waals surface area contributed by atoms with E-state index in [0.29, 0.717) is 0 Å². The molecule has 0 spiro atoms. The summed E-state index contributed by atoms with van der Waals surface area (Å²) in [5, 5.41) is 0. The molecule has 4 aromatic heterocycles. The van der Waals surface area contributed by atoms with Crippen LogP contribution in [0.3, 0.4) is 0 Å². The van der Waals surface area contributed by atoms with E-state index in [1.165, 1.54) is 0 Å². The van der Waals surface area contributed by atoms with Crippen LogP contribution in [0.5, 0.6) is 0 Å². The van der Waals surface area contributed by atoms with Crippen molar-refractivity contribution in [3.8, 4) is 11.6 Å². The predicted molar refractivity (Wildman–Crippen MR) is 96.9 cm³/mol. The summed E-state index contributed by atoms with van der Waals surface area (Å²) in [7, 11) is 0. The molecule has 4 aromatic rings. The number of hydrogen-bond donors (Lipinski definition) is 0. The second-order valence-corrected chi connectivity index (χ2v) is 6.40. The molecule has 0 atom stereocenters. The number of pyridine rings is 2. The van der Waals surface area contributed by atoms with Crippen LogP contribution in [0.2, 0.25) is 0 Å². The molecule has 4 rings (SSSR count). The first-order valence-corrected chi connectivity index (χ1v) is 8.20. The van der Waals surface area contributed by atoms with Crippen LogP contribution in [0, 0.1) is 12.4 Å². The van der Waals surface area contributed by atoms with Gasteiger partial charge < -0.3 is 9.13 Å². The molecule has 0 aromatic carbocycles. The van der Waals surface area contributed by atoms with Crippen LogP contribution in [-0.4, -0.2) is 19.1 Å². The molecule has 0 fully saturated rings. The molecule has 0 aliphatic rings. The molecule has 0 N–H and O–H groups in total. The summed E-state index contributed by atoms with van der Waals surface area (Å²) in [5.41, 5.74) is 1.60. The van der Waals surface area contributed by atoms with E-state index < -0.39 is 0 Å². The summed E-state index contributed by atoms with van der Waals surface area (Å²) in [6.07, 6.45) is 10.1. The van der Waals surface area contributed by atoms with Crippen LogP contribution in [0.4, 0.5) is 0 Å². The summed E-state index contributed by atoms with van der Waals surface area (Å²) in [4.78, 5) is 9.67. The van der Waals surface area contributed by atoms with Crippen molar-refractivity contribution in [2.75, 3.05) is 0 Å². The molecule has 5 heteroatoms. The van der Waals surface area contributed by atoms with Gasteiger partial charge in [-0.25, -0.2) is 0 Å². The Morgan fingerprint density at radius 1 is 0.731 bits per heavy atom. The average molecular weight is 433 g/mol. The summed E-state index contributed by atoms with van der Waals surface area (Å²) >= 11 is 0. The maximum absolute atomic E-state index is 4.83. The Hall–Kier alpha value is -2.48. The van der Waals surface area contributed by atoms with Crippen molar-refractivity contribution in [1.29, 1.82) is 0 Å². The Labute approximate surface area is 167 Å². The fourth-order valence-electron chi connectivity index (χ4n) is 2.82. The monoisotopic (exact) mass is 432 g/mol. The minimum absolute atomic E-state index is 0. The third kappa shape index (κ3) is 3.41. The van der Waals surface area contributed by atoms with Gasteiger partial charge >= 0.3 is 20.4 Å². The predicted octanol–water partition coefficient (Wildman–Crippen LogP) is 3.98. The molecule has 0 amide bonds. The van der Waals surface area contributed by atoms with Gasteiger partial charge in [0.2, 0.25) is 0 Å². The fourth-order valence-corrected chi connectivity index (χ4v) is 2.82. The van der Waals surface area contributed by atoms with Crippen molar-refractivity contribution in [2.24, 2.45) is 0 Å². The van der Waals surface area contributed by atoms with Gasteiger partial charge in [0.05, 0.1) is 11.6 Å². The molecule has 0 saturated heterocycles. The van der Waals surface area contributed by atoms with Crippen LogP contribution < -0.4 is 0 Å². The van der Waals surface area contributed by atoms with Crippen molar-refractivity contribution in [3.05, 3.63) is 96.8 Å². The van der Waals surface area contributed by atoms with E-state index in [0.717, 1.165) is 23.0 Å². The largest absolute Gasteiger partial charge is 2.00 e. The molecule has 4 nitrogen and oxygen atoms in total. The average Bonchev–Trinajstić information content (AvgIpc) is 3.36. The molecular weight excluding hydrogens is 415 g/mol. The van der Waals surface area contributed by atoms with Crippen molar-refractivity contribution >= 4 is 0 Å². The molecule has 4 heterocycles. The Morgan fingerprint density at radius 2 is 1.19 bits per heavy atom. The molecule has 0 saturated carbocycles. The maximum atomic E-state index is 4.83. The van der Waals surface area contributed by atoms with E-state index in [9.17, 15) is 0 Å². The van der Waals surface area contributed by atoms with Crippen LogP contribution in [0.15, 0.2) is 73.1 Å².